The average molecular weight is 254 g/mol. The standard InChI is InChI=1S/C15H18N4/c1-3-16-14-8-15(18-11(2)17-14)19-9-12-6-4-5-7-13(12)10-19/h4-8H,3,9-10H2,1-2H3,(H,16,17,18). The summed E-state index contributed by atoms with van der Waals surface area (Å²) in [5, 5.41) is 3.26. The summed E-state index contributed by atoms with van der Waals surface area (Å²) in [6.07, 6.45) is 0. The van der Waals surface area contributed by atoms with Gasteiger partial charge in [0.05, 0.1) is 0 Å². The van der Waals surface area contributed by atoms with Crippen LogP contribution in [0.25, 0.3) is 0 Å². The highest BCUT2D eigenvalue weighted by Crippen LogP contribution is 2.27. The minimum atomic E-state index is 0.810. The highest BCUT2D eigenvalue weighted by molar-refractivity contribution is 5.53. The number of aryl methyl sites for hydroxylation is 1. The Morgan fingerprint density at radius 3 is 2.47 bits per heavy atom. The third kappa shape index (κ3) is 2.38. The van der Waals surface area contributed by atoms with Crippen LogP contribution < -0.4 is 10.2 Å². The van der Waals surface area contributed by atoms with Crippen molar-refractivity contribution in [3.63, 3.8) is 0 Å². The number of benzene rings is 1. The Bertz CT molecular complexity index is 569. The Labute approximate surface area is 113 Å². The minimum Gasteiger partial charge on any atom is -0.370 e. The van der Waals surface area contributed by atoms with Gasteiger partial charge < -0.3 is 10.2 Å². The fraction of sp³-hybridized carbons (Fsp3) is 0.333. The zero-order valence-electron chi connectivity index (χ0n) is 11.3. The Kier molecular flexibility index (Phi) is 3.07. The van der Waals surface area contributed by atoms with Crippen molar-refractivity contribution in [1.82, 2.24) is 9.97 Å². The van der Waals surface area contributed by atoms with Gasteiger partial charge in [-0.25, -0.2) is 9.97 Å². The Morgan fingerprint density at radius 2 is 1.84 bits per heavy atom. The van der Waals surface area contributed by atoms with Crippen LogP contribution >= 0.6 is 0 Å². The summed E-state index contributed by atoms with van der Waals surface area (Å²) in [5.41, 5.74) is 2.78. The van der Waals surface area contributed by atoms with E-state index in [1.807, 2.05) is 13.0 Å². The van der Waals surface area contributed by atoms with E-state index in [-0.39, 0.29) is 0 Å². The molecule has 0 bridgehead atoms. The molecule has 0 saturated carbocycles. The van der Waals surface area contributed by atoms with Gasteiger partial charge in [0.15, 0.2) is 0 Å². The molecule has 1 aromatic carbocycles. The molecular weight excluding hydrogens is 236 g/mol. The second-order valence-electron chi connectivity index (χ2n) is 4.81. The number of aromatic nitrogens is 2. The molecule has 1 N–H and O–H groups in total. The first kappa shape index (κ1) is 12.0. The fourth-order valence-corrected chi connectivity index (χ4v) is 2.48. The van der Waals surface area contributed by atoms with E-state index in [4.69, 9.17) is 0 Å². The van der Waals surface area contributed by atoms with E-state index in [0.717, 1.165) is 37.1 Å². The molecule has 98 valence electrons. The monoisotopic (exact) mass is 254 g/mol. The Balaban J connectivity index is 1.88. The van der Waals surface area contributed by atoms with Gasteiger partial charge in [0.2, 0.25) is 0 Å². The topological polar surface area (TPSA) is 41.0 Å². The highest BCUT2D eigenvalue weighted by atomic mass is 15.2. The SMILES string of the molecule is CCNc1cc(N2Cc3ccccc3C2)nc(C)n1. The molecular formula is C15H18N4. The number of rotatable bonds is 3. The first-order valence-corrected chi connectivity index (χ1v) is 6.67. The summed E-state index contributed by atoms with van der Waals surface area (Å²) in [7, 11) is 0. The van der Waals surface area contributed by atoms with Crippen molar-refractivity contribution < 1.29 is 0 Å². The van der Waals surface area contributed by atoms with Gasteiger partial charge in [0.25, 0.3) is 0 Å². The average Bonchev–Trinajstić information content (AvgIpc) is 2.82. The second kappa shape index (κ2) is 4.88. The summed E-state index contributed by atoms with van der Waals surface area (Å²) >= 11 is 0. The molecule has 0 aliphatic carbocycles. The van der Waals surface area contributed by atoms with E-state index in [0.29, 0.717) is 0 Å². The van der Waals surface area contributed by atoms with Gasteiger partial charge in [-0.15, -0.1) is 0 Å². The van der Waals surface area contributed by atoms with Gasteiger partial charge in [-0.2, -0.15) is 0 Å². The van der Waals surface area contributed by atoms with E-state index in [1.165, 1.54) is 11.1 Å². The lowest BCUT2D eigenvalue weighted by molar-refractivity contribution is 0.842. The van der Waals surface area contributed by atoms with E-state index >= 15 is 0 Å². The van der Waals surface area contributed by atoms with Gasteiger partial charge in [0, 0.05) is 25.7 Å². The molecule has 4 nitrogen and oxygen atoms in total. The largest absolute Gasteiger partial charge is 0.370 e. The van der Waals surface area contributed by atoms with Crippen LogP contribution in [0.2, 0.25) is 0 Å². The maximum Gasteiger partial charge on any atom is 0.134 e. The first-order chi connectivity index (χ1) is 9.26. The van der Waals surface area contributed by atoms with Crippen molar-refractivity contribution in [2.45, 2.75) is 26.9 Å². The van der Waals surface area contributed by atoms with E-state index < -0.39 is 0 Å². The Morgan fingerprint density at radius 1 is 1.16 bits per heavy atom. The number of hydrogen-bond acceptors (Lipinski definition) is 4. The highest BCUT2D eigenvalue weighted by Gasteiger charge is 2.20. The lowest BCUT2D eigenvalue weighted by atomic mass is 10.1. The number of hydrogen-bond donors (Lipinski definition) is 1. The number of nitrogens with zero attached hydrogens (tertiary/aromatic N) is 3. The van der Waals surface area contributed by atoms with Crippen molar-refractivity contribution in [2.75, 3.05) is 16.8 Å². The molecule has 1 aliphatic heterocycles. The quantitative estimate of drug-likeness (QED) is 0.914. The predicted octanol–water partition coefficient (Wildman–Crippen LogP) is 2.74. The van der Waals surface area contributed by atoms with Crippen LogP contribution in [0.4, 0.5) is 11.6 Å². The lowest BCUT2D eigenvalue weighted by Crippen LogP contribution is -2.17. The molecule has 1 aromatic heterocycles. The molecule has 0 unspecified atom stereocenters. The van der Waals surface area contributed by atoms with Crippen LogP contribution in [0.3, 0.4) is 0 Å². The molecule has 1 aliphatic rings. The molecule has 2 heterocycles. The van der Waals surface area contributed by atoms with Crippen molar-refractivity contribution >= 4 is 11.6 Å². The summed E-state index contributed by atoms with van der Waals surface area (Å²) < 4.78 is 0. The summed E-state index contributed by atoms with van der Waals surface area (Å²) in [4.78, 5) is 11.2. The molecule has 0 radical (unpaired) electrons. The van der Waals surface area contributed by atoms with Crippen LogP contribution in [0.1, 0.15) is 23.9 Å². The van der Waals surface area contributed by atoms with Crippen molar-refractivity contribution in [2.24, 2.45) is 0 Å². The third-order valence-electron chi connectivity index (χ3n) is 3.35. The minimum absolute atomic E-state index is 0.810. The molecule has 4 heteroatoms. The fourth-order valence-electron chi connectivity index (χ4n) is 2.48. The van der Waals surface area contributed by atoms with E-state index in [2.05, 4.69) is 51.4 Å². The summed E-state index contributed by atoms with van der Waals surface area (Å²) in [5.74, 6) is 2.71. The summed E-state index contributed by atoms with van der Waals surface area (Å²) in [6, 6.07) is 10.6. The number of fused-ring (bicyclic) bond motifs is 1. The normalized spacial score (nSPS) is 13.5. The zero-order chi connectivity index (χ0) is 13.2. The third-order valence-corrected chi connectivity index (χ3v) is 3.35. The van der Waals surface area contributed by atoms with Gasteiger partial charge in [-0.05, 0) is 25.0 Å². The van der Waals surface area contributed by atoms with E-state index in [1.54, 1.807) is 0 Å². The van der Waals surface area contributed by atoms with Crippen LogP contribution in [0.5, 0.6) is 0 Å². The van der Waals surface area contributed by atoms with Crippen molar-refractivity contribution in [3.8, 4) is 0 Å². The molecule has 0 saturated heterocycles. The van der Waals surface area contributed by atoms with E-state index in [9.17, 15) is 0 Å². The maximum atomic E-state index is 4.56. The number of anilines is 2. The number of nitrogens with one attached hydrogen (secondary N) is 1. The van der Waals surface area contributed by atoms with Crippen LogP contribution in [0.15, 0.2) is 30.3 Å². The van der Waals surface area contributed by atoms with Gasteiger partial charge in [0.1, 0.15) is 17.5 Å². The van der Waals surface area contributed by atoms with Crippen molar-refractivity contribution in [1.29, 1.82) is 0 Å². The van der Waals surface area contributed by atoms with Gasteiger partial charge >= 0.3 is 0 Å². The molecule has 0 amide bonds. The Hall–Kier alpha value is -2.10. The lowest BCUT2D eigenvalue weighted by Gasteiger charge is -2.17. The van der Waals surface area contributed by atoms with Gasteiger partial charge in [-0.3, -0.25) is 0 Å². The molecule has 0 atom stereocenters. The molecule has 2 aromatic rings. The molecule has 3 rings (SSSR count). The van der Waals surface area contributed by atoms with Gasteiger partial charge in [-0.1, -0.05) is 24.3 Å². The first-order valence-electron chi connectivity index (χ1n) is 6.67. The predicted molar refractivity (Wildman–Crippen MR) is 77.3 cm³/mol. The molecule has 0 fully saturated rings. The molecule has 19 heavy (non-hydrogen) atoms. The van der Waals surface area contributed by atoms with Crippen LogP contribution in [0, 0.1) is 6.92 Å². The maximum absolute atomic E-state index is 4.56. The summed E-state index contributed by atoms with van der Waals surface area (Å²) in [6.45, 7) is 6.74. The van der Waals surface area contributed by atoms with Crippen LogP contribution in [-0.2, 0) is 13.1 Å². The van der Waals surface area contributed by atoms with Crippen molar-refractivity contribution in [3.05, 3.63) is 47.3 Å². The zero-order valence-corrected chi connectivity index (χ0v) is 11.3. The second-order valence-corrected chi connectivity index (χ2v) is 4.81. The smallest absolute Gasteiger partial charge is 0.134 e. The van der Waals surface area contributed by atoms with Crippen LogP contribution in [-0.4, -0.2) is 16.5 Å². The molecule has 0 spiro atoms.